The molecule has 0 unspecified atom stereocenters. The molecule has 0 fully saturated rings. The lowest BCUT2D eigenvalue weighted by molar-refractivity contribution is 0.261. The van der Waals surface area contributed by atoms with E-state index in [0.717, 1.165) is 26.6 Å². The molecule has 5 aromatic rings. The predicted molar refractivity (Wildman–Crippen MR) is 132 cm³/mol. The van der Waals surface area contributed by atoms with Crippen LogP contribution in [0.5, 0.6) is 11.9 Å². The quantitative estimate of drug-likeness (QED) is 0.247. The number of fused-ring (bicyclic) bond motifs is 1. The van der Waals surface area contributed by atoms with E-state index >= 15 is 0 Å². The Kier molecular flexibility index (Phi) is 6.35. The fourth-order valence-electron chi connectivity index (χ4n) is 3.62. The molecule has 0 amide bonds. The summed E-state index contributed by atoms with van der Waals surface area (Å²) in [6.07, 6.45) is 2.02. The van der Waals surface area contributed by atoms with Crippen LogP contribution in [0.4, 0.5) is 0 Å². The standard InChI is InChI=1S/C27H22BrN3O2/c28-23-17-31(16-20-10-4-1-5-11-20)25-24(23)29-27(33-19-22-14-8-3-9-15-22)30-26(25)32-18-21-12-6-2-7-13-21/h1-15,17H,16,18-19H2. The lowest BCUT2D eigenvalue weighted by atomic mass is 10.2. The van der Waals surface area contributed by atoms with E-state index in [0.29, 0.717) is 25.6 Å². The summed E-state index contributed by atoms with van der Waals surface area (Å²) in [6, 6.07) is 30.6. The van der Waals surface area contributed by atoms with E-state index in [1.54, 1.807) is 0 Å². The van der Waals surface area contributed by atoms with Gasteiger partial charge < -0.3 is 14.0 Å². The van der Waals surface area contributed by atoms with Crippen LogP contribution < -0.4 is 9.47 Å². The van der Waals surface area contributed by atoms with Crippen LogP contribution in [0.15, 0.2) is 102 Å². The highest BCUT2D eigenvalue weighted by Gasteiger charge is 2.18. The van der Waals surface area contributed by atoms with Crippen LogP contribution >= 0.6 is 15.9 Å². The van der Waals surface area contributed by atoms with Gasteiger partial charge >= 0.3 is 6.01 Å². The van der Waals surface area contributed by atoms with E-state index in [4.69, 9.17) is 9.47 Å². The van der Waals surface area contributed by atoms with Crippen molar-refractivity contribution in [1.82, 2.24) is 14.5 Å². The second-order valence-corrected chi connectivity index (χ2v) is 8.50. The fraction of sp³-hybridized carbons (Fsp3) is 0.111. The van der Waals surface area contributed by atoms with Crippen molar-refractivity contribution in [2.45, 2.75) is 19.8 Å². The zero-order chi connectivity index (χ0) is 22.5. The molecular formula is C27H22BrN3O2. The summed E-state index contributed by atoms with van der Waals surface area (Å²) in [6.45, 7) is 1.46. The molecule has 0 aliphatic heterocycles. The summed E-state index contributed by atoms with van der Waals surface area (Å²) in [7, 11) is 0. The first-order valence-electron chi connectivity index (χ1n) is 10.7. The number of nitrogens with zero attached hydrogens (tertiary/aromatic N) is 3. The monoisotopic (exact) mass is 499 g/mol. The molecule has 0 saturated heterocycles. The largest absolute Gasteiger partial charge is 0.471 e. The number of ether oxygens (including phenoxy) is 2. The van der Waals surface area contributed by atoms with Gasteiger partial charge in [-0.15, -0.1) is 0 Å². The van der Waals surface area contributed by atoms with Crippen LogP contribution in [0.2, 0.25) is 0 Å². The van der Waals surface area contributed by atoms with Gasteiger partial charge in [0.2, 0.25) is 5.88 Å². The van der Waals surface area contributed by atoms with Crippen molar-refractivity contribution in [3.63, 3.8) is 0 Å². The summed E-state index contributed by atoms with van der Waals surface area (Å²) < 4.78 is 15.1. The van der Waals surface area contributed by atoms with E-state index in [1.807, 2.05) is 85.1 Å². The number of rotatable bonds is 8. The zero-order valence-corrected chi connectivity index (χ0v) is 19.5. The highest BCUT2D eigenvalue weighted by atomic mass is 79.9. The Morgan fingerprint density at radius 3 is 1.82 bits per heavy atom. The van der Waals surface area contributed by atoms with Crippen LogP contribution in [0, 0.1) is 0 Å². The summed E-state index contributed by atoms with van der Waals surface area (Å²) in [5, 5.41) is 0. The van der Waals surface area contributed by atoms with E-state index in [1.165, 1.54) is 5.56 Å². The lowest BCUT2D eigenvalue weighted by Crippen LogP contribution is -2.06. The summed E-state index contributed by atoms with van der Waals surface area (Å²) in [4.78, 5) is 9.34. The summed E-state index contributed by atoms with van der Waals surface area (Å²) in [5.74, 6) is 0.494. The van der Waals surface area contributed by atoms with E-state index in [-0.39, 0.29) is 6.01 Å². The Hall–Kier alpha value is -3.64. The third kappa shape index (κ3) is 5.07. The van der Waals surface area contributed by atoms with Gasteiger partial charge in [0.15, 0.2) is 0 Å². The Balaban J connectivity index is 1.51. The van der Waals surface area contributed by atoms with Gasteiger partial charge in [0, 0.05) is 12.7 Å². The number of benzene rings is 3. The molecule has 2 aromatic heterocycles. The first-order valence-corrected chi connectivity index (χ1v) is 11.5. The molecule has 0 aliphatic rings. The molecule has 0 atom stereocenters. The minimum atomic E-state index is 0.285. The van der Waals surface area contributed by atoms with Crippen molar-refractivity contribution in [2.24, 2.45) is 0 Å². The third-order valence-corrected chi connectivity index (χ3v) is 5.82. The highest BCUT2D eigenvalue weighted by molar-refractivity contribution is 9.10. The highest BCUT2D eigenvalue weighted by Crippen LogP contribution is 2.33. The molecule has 6 heteroatoms. The van der Waals surface area contributed by atoms with Gasteiger partial charge in [-0.3, -0.25) is 0 Å². The minimum Gasteiger partial charge on any atom is -0.471 e. The molecule has 0 N–H and O–H groups in total. The Morgan fingerprint density at radius 2 is 1.21 bits per heavy atom. The lowest BCUT2D eigenvalue weighted by Gasteiger charge is -2.12. The maximum atomic E-state index is 6.22. The molecule has 3 aromatic carbocycles. The minimum absolute atomic E-state index is 0.285. The molecule has 0 bridgehead atoms. The Labute approximate surface area is 200 Å². The zero-order valence-electron chi connectivity index (χ0n) is 17.9. The van der Waals surface area contributed by atoms with E-state index < -0.39 is 0 Å². The van der Waals surface area contributed by atoms with Gasteiger partial charge in [-0.1, -0.05) is 91.0 Å². The second-order valence-electron chi connectivity index (χ2n) is 7.65. The summed E-state index contributed by atoms with van der Waals surface area (Å²) >= 11 is 3.67. The van der Waals surface area contributed by atoms with Crippen LogP contribution in [-0.2, 0) is 19.8 Å². The molecule has 0 saturated carbocycles. The van der Waals surface area contributed by atoms with Gasteiger partial charge in [-0.05, 0) is 32.6 Å². The third-order valence-electron chi connectivity index (χ3n) is 5.24. The molecular weight excluding hydrogens is 478 g/mol. The molecule has 33 heavy (non-hydrogen) atoms. The SMILES string of the molecule is Brc1cn(Cc2ccccc2)c2c(OCc3ccccc3)nc(OCc3ccccc3)nc12. The number of hydrogen-bond acceptors (Lipinski definition) is 4. The molecule has 0 spiro atoms. The summed E-state index contributed by atoms with van der Waals surface area (Å²) in [5.41, 5.74) is 4.88. The average Bonchev–Trinajstić information content (AvgIpc) is 3.18. The molecule has 5 rings (SSSR count). The maximum absolute atomic E-state index is 6.22. The normalized spacial score (nSPS) is 10.9. The number of aromatic nitrogens is 3. The van der Waals surface area contributed by atoms with Crippen molar-refractivity contribution >= 4 is 27.0 Å². The smallest absolute Gasteiger partial charge is 0.320 e. The van der Waals surface area contributed by atoms with Gasteiger partial charge in [0.25, 0.3) is 0 Å². The average molecular weight is 500 g/mol. The number of halogens is 1. The second kappa shape index (κ2) is 9.88. The van der Waals surface area contributed by atoms with Crippen LogP contribution in [0.1, 0.15) is 16.7 Å². The molecule has 164 valence electrons. The Bertz CT molecular complexity index is 1340. The molecule has 0 aliphatic carbocycles. The first kappa shape index (κ1) is 21.2. The fourth-order valence-corrected chi connectivity index (χ4v) is 4.14. The van der Waals surface area contributed by atoms with Gasteiger partial charge in [0.1, 0.15) is 24.2 Å². The maximum Gasteiger partial charge on any atom is 0.320 e. The van der Waals surface area contributed by atoms with Crippen molar-refractivity contribution in [3.05, 3.63) is 118 Å². The van der Waals surface area contributed by atoms with Crippen molar-refractivity contribution in [2.75, 3.05) is 0 Å². The van der Waals surface area contributed by atoms with Crippen molar-refractivity contribution < 1.29 is 9.47 Å². The Morgan fingerprint density at radius 1 is 0.667 bits per heavy atom. The van der Waals surface area contributed by atoms with Crippen LogP contribution in [0.25, 0.3) is 11.0 Å². The predicted octanol–water partition coefficient (Wildman–Crippen LogP) is 6.40. The topological polar surface area (TPSA) is 49.2 Å². The van der Waals surface area contributed by atoms with Crippen LogP contribution in [0.3, 0.4) is 0 Å². The molecule has 2 heterocycles. The van der Waals surface area contributed by atoms with Crippen LogP contribution in [-0.4, -0.2) is 14.5 Å². The first-order chi connectivity index (χ1) is 16.3. The van der Waals surface area contributed by atoms with E-state index in [9.17, 15) is 0 Å². The van der Waals surface area contributed by atoms with Crippen molar-refractivity contribution in [1.29, 1.82) is 0 Å². The van der Waals surface area contributed by atoms with Gasteiger partial charge in [0.05, 0.1) is 4.47 Å². The van der Waals surface area contributed by atoms with Gasteiger partial charge in [-0.25, -0.2) is 0 Å². The van der Waals surface area contributed by atoms with E-state index in [2.05, 4.69) is 42.6 Å². The number of hydrogen-bond donors (Lipinski definition) is 0. The van der Waals surface area contributed by atoms with Crippen molar-refractivity contribution in [3.8, 4) is 11.9 Å². The van der Waals surface area contributed by atoms with Gasteiger partial charge in [-0.2, -0.15) is 9.97 Å². The molecule has 0 radical (unpaired) electrons. The molecule has 5 nitrogen and oxygen atoms in total.